The molecule has 0 aliphatic heterocycles. The van der Waals surface area contributed by atoms with E-state index in [0.717, 1.165) is 19.3 Å². The van der Waals surface area contributed by atoms with Crippen molar-refractivity contribution in [3.63, 3.8) is 0 Å². The van der Waals surface area contributed by atoms with E-state index >= 15 is 0 Å². The molecule has 0 N–H and O–H groups in total. The molecule has 45 heavy (non-hydrogen) atoms. The van der Waals surface area contributed by atoms with Gasteiger partial charge in [0.05, 0.1) is 46.3 Å². The van der Waals surface area contributed by atoms with Crippen molar-refractivity contribution in [3.8, 4) is 0 Å². The number of hydrogen-bond acceptors (Lipinski definition) is 6. The van der Waals surface area contributed by atoms with Crippen LogP contribution in [0.3, 0.4) is 0 Å². The highest BCUT2D eigenvalue weighted by atomic mass is 35.5. The van der Waals surface area contributed by atoms with Crippen molar-refractivity contribution < 1.29 is 28.5 Å². The first-order chi connectivity index (χ1) is 21.5. The summed E-state index contributed by atoms with van der Waals surface area (Å²) in [5, 5.41) is 0. The van der Waals surface area contributed by atoms with Gasteiger partial charge in [0.15, 0.2) is 11.9 Å². The Bertz CT molecular complexity index is 726. The molecular weight excluding hydrogens is 721 g/mol. The summed E-state index contributed by atoms with van der Waals surface area (Å²) in [6.45, 7) is 10.4. The number of halogens is 6. The maximum Gasteiger partial charge on any atom is 0.219 e. The van der Waals surface area contributed by atoms with E-state index < -0.39 is 36.9 Å². The smallest absolute Gasteiger partial charge is 0.219 e. The average Bonchev–Trinajstić information content (AvgIpc) is 3.03. The molecule has 0 rings (SSSR count). The molecular formula is C32H60Cl6O6Si. The number of ether oxygens (including phenoxy) is 5. The van der Waals surface area contributed by atoms with E-state index in [1.54, 1.807) is 6.92 Å². The van der Waals surface area contributed by atoms with Crippen molar-refractivity contribution in [1.29, 1.82) is 0 Å². The second kappa shape index (κ2) is 27.2. The topological polar surface area (TPSA) is 63.2 Å². The Balaban J connectivity index is 6.51. The predicted molar refractivity (Wildman–Crippen MR) is 196 cm³/mol. The van der Waals surface area contributed by atoms with Crippen LogP contribution in [0, 0.1) is 5.92 Å². The highest BCUT2D eigenvalue weighted by molar-refractivity contribution is 6.71. The van der Waals surface area contributed by atoms with Crippen LogP contribution >= 0.6 is 69.6 Å². The van der Waals surface area contributed by atoms with Gasteiger partial charge in [-0.25, -0.2) is 0 Å². The highest BCUT2D eigenvalue weighted by Gasteiger charge is 2.71. The molecule has 270 valence electrons. The van der Waals surface area contributed by atoms with Crippen molar-refractivity contribution in [1.82, 2.24) is 0 Å². The summed E-state index contributed by atoms with van der Waals surface area (Å²) in [7, 11) is -2.09. The van der Waals surface area contributed by atoms with E-state index in [4.69, 9.17) is 93.3 Å². The molecule has 0 saturated heterocycles. The summed E-state index contributed by atoms with van der Waals surface area (Å²) in [6.07, 6.45) is 11.1. The van der Waals surface area contributed by atoms with Crippen LogP contribution < -0.4 is 0 Å². The Kier molecular flexibility index (Phi) is 28.0. The maximum absolute atomic E-state index is 14.0. The quantitative estimate of drug-likeness (QED) is 0.0294. The zero-order valence-electron chi connectivity index (χ0n) is 28.3. The second-order valence-corrected chi connectivity index (χ2v) is 17.9. The van der Waals surface area contributed by atoms with Gasteiger partial charge in [0.1, 0.15) is 5.78 Å². The fourth-order valence-corrected chi connectivity index (χ4v) is 9.16. The van der Waals surface area contributed by atoms with E-state index in [-0.39, 0.29) is 68.2 Å². The molecule has 13 heteroatoms. The molecule has 0 radical (unpaired) electrons. The van der Waals surface area contributed by atoms with Gasteiger partial charge < -0.3 is 23.7 Å². The van der Waals surface area contributed by atoms with Crippen molar-refractivity contribution in [3.05, 3.63) is 0 Å². The molecule has 0 saturated carbocycles. The third-order valence-corrected chi connectivity index (χ3v) is 13.5. The molecule has 3 atom stereocenters. The van der Waals surface area contributed by atoms with Crippen LogP contribution in [0.4, 0.5) is 0 Å². The average molecular weight is 782 g/mol. The number of hydrogen-bond donors (Lipinski definition) is 0. The van der Waals surface area contributed by atoms with E-state index in [0.29, 0.717) is 6.42 Å². The van der Waals surface area contributed by atoms with Gasteiger partial charge in [-0.05, 0) is 13.3 Å². The highest BCUT2D eigenvalue weighted by Crippen LogP contribution is 2.52. The molecule has 0 aliphatic rings. The van der Waals surface area contributed by atoms with Crippen LogP contribution in [0.15, 0.2) is 0 Å². The molecule has 0 aromatic rings. The number of carbonyl (C=O) groups is 1. The minimum absolute atomic E-state index is 0.0404. The van der Waals surface area contributed by atoms with Crippen LogP contribution in [0.5, 0.6) is 0 Å². The maximum atomic E-state index is 14.0. The van der Waals surface area contributed by atoms with E-state index in [1.807, 2.05) is 6.92 Å². The minimum atomic E-state index is -2.09. The number of unbranched alkanes of at least 4 members (excludes halogenated alkanes) is 9. The van der Waals surface area contributed by atoms with Gasteiger partial charge in [-0.2, -0.15) is 0 Å². The van der Waals surface area contributed by atoms with Crippen molar-refractivity contribution in [2.45, 2.75) is 127 Å². The van der Waals surface area contributed by atoms with Crippen LogP contribution in [0.1, 0.15) is 91.4 Å². The van der Waals surface area contributed by atoms with Gasteiger partial charge >= 0.3 is 0 Å². The molecule has 0 aliphatic carbocycles. The Morgan fingerprint density at radius 2 is 1.07 bits per heavy atom. The van der Waals surface area contributed by atoms with Gasteiger partial charge in [0, 0.05) is 41.7 Å². The molecule has 0 fully saturated rings. The van der Waals surface area contributed by atoms with Gasteiger partial charge in [0.2, 0.25) is 5.79 Å². The molecule has 0 amide bonds. The van der Waals surface area contributed by atoms with Crippen LogP contribution in [-0.2, 0) is 28.5 Å². The first-order valence-corrected chi connectivity index (χ1v) is 22.6. The number of Topliss-reactive ketones (excluding diaryl/α,β-unsaturated/α-hetero) is 1. The molecule has 0 bridgehead atoms. The van der Waals surface area contributed by atoms with Crippen molar-refractivity contribution in [2.75, 3.05) is 62.4 Å². The minimum Gasteiger partial charge on any atom is -0.363 e. The Morgan fingerprint density at radius 3 is 1.47 bits per heavy atom. The zero-order chi connectivity index (χ0) is 34.2. The lowest BCUT2D eigenvalue weighted by Crippen LogP contribution is -2.78. The lowest BCUT2D eigenvalue weighted by atomic mass is 9.81. The van der Waals surface area contributed by atoms with Crippen LogP contribution in [-0.4, -0.2) is 99.2 Å². The lowest BCUT2D eigenvalue weighted by molar-refractivity contribution is -0.385. The van der Waals surface area contributed by atoms with Gasteiger partial charge in [-0.1, -0.05) is 84.7 Å². The molecule has 0 heterocycles. The molecule has 6 nitrogen and oxygen atoms in total. The molecule has 3 unspecified atom stereocenters. The summed E-state index contributed by atoms with van der Waals surface area (Å²) >= 11 is 38.5. The van der Waals surface area contributed by atoms with E-state index in [2.05, 4.69) is 20.0 Å². The largest absolute Gasteiger partial charge is 0.363 e. The standard InChI is InChI=1S/C32H60Cl6O6Si/c1-6-7-8-9-10-11-12-13-14-15-16-28(39)27(2)31(38,45(4)5)32(43-25-20-36,44-26-21-37)30(3,42-24-19-35)29(40-22-17-33)41-23-18-34/h27,29,45H,6-26H2,1-5H3. The number of rotatable bonds is 32. The SMILES string of the molecule is CCCCCCCCCCCCC(=O)C(C)C(Cl)([SiH](C)C)C(OCCCl)(OCCCl)C(C)(OCCCl)C(OCCCl)OCCCl. The second-order valence-electron chi connectivity index (χ2n) is 11.8. The predicted octanol–water partition coefficient (Wildman–Crippen LogP) is 9.56. The number of carbonyl (C=O) groups excluding carboxylic acids is 1. The monoisotopic (exact) mass is 778 g/mol. The van der Waals surface area contributed by atoms with Crippen molar-refractivity contribution in [2.24, 2.45) is 5.92 Å². The fourth-order valence-electron chi connectivity index (χ4n) is 5.94. The normalized spacial score (nSPS) is 15.8. The summed E-state index contributed by atoms with van der Waals surface area (Å²) in [4.78, 5) is 14.0. The first-order valence-electron chi connectivity index (χ1n) is 16.7. The van der Waals surface area contributed by atoms with E-state index in [1.165, 1.54) is 44.9 Å². The van der Waals surface area contributed by atoms with Gasteiger partial charge in [0.25, 0.3) is 0 Å². The number of ketones is 1. The molecule has 0 spiro atoms. The van der Waals surface area contributed by atoms with E-state index in [9.17, 15) is 4.79 Å². The van der Waals surface area contributed by atoms with Gasteiger partial charge in [-0.15, -0.1) is 69.6 Å². The third-order valence-electron chi connectivity index (χ3n) is 8.27. The van der Waals surface area contributed by atoms with Crippen LogP contribution in [0.25, 0.3) is 0 Å². The Labute approximate surface area is 306 Å². The van der Waals surface area contributed by atoms with Crippen LogP contribution in [0.2, 0.25) is 13.1 Å². The zero-order valence-corrected chi connectivity index (χ0v) is 34.0. The third kappa shape index (κ3) is 14.7. The lowest BCUT2D eigenvalue weighted by Gasteiger charge is -2.59. The summed E-state index contributed by atoms with van der Waals surface area (Å²) < 4.78 is 30.7. The fraction of sp³-hybridized carbons (Fsp3) is 0.969. The molecule has 0 aromatic heterocycles. The summed E-state index contributed by atoms with van der Waals surface area (Å²) in [5.41, 5.74) is -1.55. The molecule has 0 aromatic carbocycles. The van der Waals surface area contributed by atoms with Crippen molar-refractivity contribution >= 4 is 84.2 Å². The van der Waals surface area contributed by atoms with Gasteiger partial charge in [-0.3, -0.25) is 4.79 Å². The number of alkyl halides is 6. The summed E-state index contributed by atoms with van der Waals surface area (Å²) in [5.74, 6) is -1.58. The Morgan fingerprint density at radius 1 is 0.667 bits per heavy atom. The first kappa shape index (κ1) is 46.4. The Hall–Kier alpha value is 1.43. The summed E-state index contributed by atoms with van der Waals surface area (Å²) in [6, 6.07) is 0.